The first kappa shape index (κ1) is 16.8. The molecule has 0 N–H and O–H groups in total. The summed E-state index contributed by atoms with van der Waals surface area (Å²) in [5.41, 5.74) is 1.11. The molecular weight excluding hydrogens is 317 g/mol. The van der Waals surface area contributed by atoms with E-state index in [1.54, 1.807) is 0 Å². The van der Waals surface area contributed by atoms with Crippen molar-refractivity contribution in [3.05, 3.63) is 23.8 Å². The van der Waals surface area contributed by atoms with Crippen LogP contribution in [0.1, 0.15) is 32.3 Å². The average molecular weight is 341 g/mol. The first-order chi connectivity index (χ1) is 11.2. The van der Waals surface area contributed by atoms with Crippen molar-refractivity contribution >= 4 is 7.60 Å². The number of hydrogen-bond donors (Lipinski definition) is 0. The Labute approximate surface area is 137 Å². The van der Waals surface area contributed by atoms with Crippen LogP contribution in [-0.2, 0) is 20.2 Å². The van der Waals surface area contributed by atoms with Crippen LogP contribution in [0.25, 0.3) is 0 Å². The quantitative estimate of drug-likeness (QED) is 0.706. The second-order valence-electron chi connectivity index (χ2n) is 5.66. The fourth-order valence-corrected chi connectivity index (χ4v) is 5.43. The largest absolute Gasteiger partial charge is 0.454 e. The van der Waals surface area contributed by atoms with E-state index in [-0.39, 0.29) is 12.6 Å². The summed E-state index contributed by atoms with van der Waals surface area (Å²) in [5.74, 6) is 1.38. The van der Waals surface area contributed by atoms with E-state index in [1.807, 2.05) is 32.0 Å². The Morgan fingerprint density at radius 3 is 2.70 bits per heavy atom. The van der Waals surface area contributed by atoms with E-state index >= 15 is 0 Å². The number of rotatable bonds is 7. The maximum Gasteiger partial charge on any atom is 0.347 e. The molecule has 128 valence electrons. The van der Waals surface area contributed by atoms with Crippen LogP contribution < -0.4 is 9.47 Å². The highest BCUT2D eigenvalue weighted by Crippen LogP contribution is 2.57. The van der Waals surface area contributed by atoms with Gasteiger partial charge in [0.25, 0.3) is 0 Å². The fourth-order valence-electron chi connectivity index (χ4n) is 3.19. The van der Waals surface area contributed by atoms with Gasteiger partial charge in [0, 0.05) is 6.54 Å². The predicted molar refractivity (Wildman–Crippen MR) is 86.9 cm³/mol. The molecule has 0 spiro atoms. The zero-order valence-electron chi connectivity index (χ0n) is 13.7. The lowest BCUT2D eigenvalue weighted by Crippen LogP contribution is -2.30. The molecule has 1 atom stereocenters. The number of ether oxygens (including phenoxy) is 2. The van der Waals surface area contributed by atoms with Crippen molar-refractivity contribution in [1.29, 1.82) is 0 Å². The molecule has 1 unspecified atom stereocenters. The zero-order valence-corrected chi connectivity index (χ0v) is 14.6. The van der Waals surface area contributed by atoms with Gasteiger partial charge in [0.15, 0.2) is 11.5 Å². The fraction of sp³-hybridized carbons (Fsp3) is 0.625. The third-order valence-electron chi connectivity index (χ3n) is 4.13. The van der Waals surface area contributed by atoms with Crippen LogP contribution in [0.5, 0.6) is 11.5 Å². The van der Waals surface area contributed by atoms with Gasteiger partial charge < -0.3 is 18.5 Å². The molecule has 0 bridgehead atoms. The van der Waals surface area contributed by atoms with E-state index in [0.29, 0.717) is 19.8 Å². The third-order valence-corrected chi connectivity index (χ3v) is 6.69. The Balaban J connectivity index is 1.75. The van der Waals surface area contributed by atoms with Gasteiger partial charge in [-0.1, -0.05) is 6.07 Å². The van der Waals surface area contributed by atoms with E-state index in [4.69, 9.17) is 18.5 Å². The van der Waals surface area contributed by atoms with Crippen molar-refractivity contribution in [2.24, 2.45) is 0 Å². The molecule has 2 aliphatic heterocycles. The molecular formula is C16H24NO5P. The zero-order chi connectivity index (χ0) is 16.3. The second kappa shape index (κ2) is 7.22. The van der Waals surface area contributed by atoms with Gasteiger partial charge in [-0.2, -0.15) is 0 Å². The summed E-state index contributed by atoms with van der Waals surface area (Å²) in [6, 6.07) is 5.94. The summed E-state index contributed by atoms with van der Waals surface area (Å²) in [4.78, 5) is 2.20. The lowest BCUT2D eigenvalue weighted by molar-refractivity contribution is 0.173. The smallest absolute Gasteiger partial charge is 0.347 e. The minimum Gasteiger partial charge on any atom is -0.454 e. The molecule has 1 aromatic rings. The van der Waals surface area contributed by atoms with Crippen LogP contribution in [0.3, 0.4) is 0 Å². The molecule has 7 heteroatoms. The first-order valence-corrected chi connectivity index (χ1v) is 9.79. The van der Waals surface area contributed by atoms with Crippen LogP contribution in [0.4, 0.5) is 0 Å². The summed E-state index contributed by atoms with van der Waals surface area (Å²) < 4.78 is 34.9. The number of nitrogens with zero attached hydrogens (tertiary/aromatic N) is 1. The van der Waals surface area contributed by atoms with Gasteiger partial charge in [-0.25, -0.2) is 0 Å². The average Bonchev–Trinajstić information content (AvgIpc) is 3.16. The van der Waals surface area contributed by atoms with Crippen molar-refractivity contribution in [2.45, 2.75) is 39.0 Å². The highest BCUT2D eigenvalue weighted by Gasteiger charge is 2.42. The van der Waals surface area contributed by atoms with Crippen LogP contribution >= 0.6 is 7.60 Å². The summed E-state index contributed by atoms with van der Waals surface area (Å²) in [7, 11) is -3.11. The minimum atomic E-state index is -3.11. The molecule has 0 radical (unpaired) electrons. The molecule has 0 aromatic heterocycles. The molecule has 1 fully saturated rings. The lowest BCUT2D eigenvalue weighted by Gasteiger charge is -2.30. The molecule has 3 rings (SSSR count). The van der Waals surface area contributed by atoms with E-state index in [0.717, 1.165) is 36.4 Å². The monoisotopic (exact) mass is 341 g/mol. The Bertz CT molecular complexity index is 584. The maximum absolute atomic E-state index is 13.1. The third kappa shape index (κ3) is 3.56. The Kier molecular flexibility index (Phi) is 5.27. The molecule has 23 heavy (non-hydrogen) atoms. The molecule has 1 saturated heterocycles. The van der Waals surface area contributed by atoms with E-state index in [9.17, 15) is 4.57 Å². The number of likely N-dealkylation sites (tertiary alicyclic amines) is 1. The van der Waals surface area contributed by atoms with Gasteiger partial charge in [-0.15, -0.1) is 0 Å². The minimum absolute atomic E-state index is 0.173. The highest BCUT2D eigenvalue weighted by atomic mass is 31.2. The Hall–Kier alpha value is -1.07. The second-order valence-corrected chi connectivity index (χ2v) is 7.85. The Morgan fingerprint density at radius 1 is 1.22 bits per heavy atom. The summed E-state index contributed by atoms with van der Waals surface area (Å²) >= 11 is 0. The summed E-state index contributed by atoms with van der Waals surface area (Å²) in [6.07, 6.45) is 1.83. The standard InChI is InChI=1S/C16H24NO5P/c1-3-21-23(18,22-4-2)16-6-5-9-17(16)11-13-7-8-14-15(10-13)20-12-19-14/h7-8,10,16H,3-6,9,11-12H2,1-2H3. The normalized spacial score (nSPS) is 21.0. The maximum atomic E-state index is 13.1. The number of hydrogen-bond acceptors (Lipinski definition) is 6. The molecule has 2 heterocycles. The van der Waals surface area contributed by atoms with Crippen LogP contribution in [-0.4, -0.2) is 37.2 Å². The molecule has 6 nitrogen and oxygen atoms in total. The number of fused-ring (bicyclic) bond motifs is 1. The molecule has 0 aliphatic carbocycles. The predicted octanol–water partition coefficient (Wildman–Crippen LogP) is 3.60. The Morgan fingerprint density at radius 2 is 1.96 bits per heavy atom. The van der Waals surface area contributed by atoms with Gasteiger partial charge in [0.05, 0.1) is 13.2 Å². The van der Waals surface area contributed by atoms with Crippen LogP contribution in [0.15, 0.2) is 18.2 Å². The molecule has 0 saturated carbocycles. The SMILES string of the molecule is CCOP(=O)(OCC)C1CCCN1Cc1ccc2c(c1)OCO2. The molecule has 0 amide bonds. The highest BCUT2D eigenvalue weighted by molar-refractivity contribution is 7.54. The van der Waals surface area contributed by atoms with Gasteiger partial charge >= 0.3 is 7.60 Å². The van der Waals surface area contributed by atoms with Crippen molar-refractivity contribution in [1.82, 2.24) is 4.90 Å². The van der Waals surface area contributed by atoms with Gasteiger partial charge in [-0.05, 0) is 50.9 Å². The lowest BCUT2D eigenvalue weighted by atomic mass is 10.2. The van der Waals surface area contributed by atoms with E-state index in [2.05, 4.69) is 4.90 Å². The van der Waals surface area contributed by atoms with Crippen LogP contribution in [0.2, 0.25) is 0 Å². The number of benzene rings is 1. The van der Waals surface area contributed by atoms with Gasteiger partial charge in [0.2, 0.25) is 6.79 Å². The van der Waals surface area contributed by atoms with Crippen molar-refractivity contribution in [3.63, 3.8) is 0 Å². The molecule has 2 aliphatic rings. The van der Waals surface area contributed by atoms with Gasteiger partial charge in [0.1, 0.15) is 5.78 Å². The molecule has 1 aromatic carbocycles. The topological polar surface area (TPSA) is 57.2 Å². The van der Waals surface area contributed by atoms with E-state index < -0.39 is 7.60 Å². The van der Waals surface area contributed by atoms with Gasteiger partial charge in [-0.3, -0.25) is 9.46 Å². The van der Waals surface area contributed by atoms with Crippen molar-refractivity contribution < 1.29 is 23.1 Å². The van der Waals surface area contributed by atoms with Crippen LogP contribution in [0, 0.1) is 0 Å². The van der Waals surface area contributed by atoms with Crippen molar-refractivity contribution in [2.75, 3.05) is 26.6 Å². The van der Waals surface area contributed by atoms with Crippen molar-refractivity contribution in [3.8, 4) is 11.5 Å². The van der Waals surface area contributed by atoms with E-state index in [1.165, 1.54) is 0 Å². The first-order valence-electron chi connectivity index (χ1n) is 8.17. The summed E-state index contributed by atoms with van der Waals surface area (Å²) in [6.45, 7) is 6.35. The summed E-state index contributed by atoms with van der Waals surface area (Å²) in [5, 5.41) is 0.